The van der Waals surface area contributed by atoms with Crippen LogP contribution in [0.25, 0.3) is 0 Å². The van der Waals surface area contributed by atoms with Crippen LogP contribution in [0.3, 0.4) is 0 Å². The molecule has 1 heterocycles. The number of rotatable bonds is 3. The monoisotopic (exact) mass is 333 g/mol. The number of halogens is 2. The number of carbonyl (C=O) groups is 1. The van der Waals surface area contributed by atoms with E-state index in [1.165, 1.54) is 4.90 Å². The Morgan fingerprint density at radius 2 is 1.79 bits per heavy atom. The van der Waals surface area contributed by atoms with Crippen LogP contribution in [0.5, 0.6) is 11.5 Å². The molecule has 0 aromatic heterocycles. The summed E-state index contributed by atoms with van der Waals surface area (Å²) in [6.45, 7) is 0.763. The minimum atomic E-state index is -1.06. The summed E-state index contributed by atoms with van der Waals surface area (Å²) in [6, 6.07) is 10.7. The number of ether oxygens (including phenoxy) is 1. The normalized spacial score (nSPS) is 15.3. The lowest BCUT2D eigenvalue weighted by atomic mass is 10.1. The van der Waals surface area contributed by atoms with Crippen molar-refractivity contribution in [3.8, 4) is 11.5 Å². The number of phenolic OH excluding ortho intramolecular Hbond substituents is 1. The summed E-state index contributed by atoms with van der Waals surface area (Å²) in [5.74, 6) is -2.52. The highest BCUT2D eigenvalue weighted by molar-refractivity contribution is 5.97. The van der Waals surface area contributed by atoms with Crippen LogP contribution in [-0.2, 0) is 0 Å². The van der Waals surface area contributed by atoms with Crippen molar-refractivity contribution in [3.63, 3.8) is 0 Å². The quantitative estimate of drug-likeness (QED) is 0.937. The number of likely N-dealkylation sites (tertiary alicyclic amines) is 1. The van der Waals surface area contributed by atoms with E-state index in [1.807, 2.05) is 30.3 Å². The van der Waals surface area contributed by atoms with Gasteiger partial charge in [0.05, 0.1) is 0 Å². The largest absolute Gasteiger partial charge is 0.507 e. The first-order chi connectivity index (χ1) is 11.5. The third-order valence-electron chi connectivity index (χ3n) is 4.02. The fourth-order valence-corrected chi connectivity index (χ4v) is 2.80. The topological polar surface area (TPSA) is 49.8 Å². The Balaban J connectivity index is 1.63. The van der Waals surface area contributed by atoms with Crippen LogP contribution in [-0.4, -0.2) is 35.1 Å². The SMILES string of the molecule is O=C(c1c(O)cc(F)cc1F)N1CCC(Oc2ccccc2)CC1. The highest BCUT2D eigenvalue weighted by Gasteiger charge is 2.28. The fraction of sp³-hybridized carbons (Fsp3) is 0.278. The number of aromatic hydroxyl groups is 1. The Bertz CT molecular complexity index is 705. The van der Waals surface area contributed by atoms with Gasteiger partial charge in [-0.05, 0) is 12.1 Å². The summed E-state index contributed by atoms with van der Waals surface area (Å²) in [6.07, 6.45) is 1.18. The predicted octanol–water partition coefficient (Wildman–Crippen LogP) is 3.35. The van der Waals surface area contributed by atoms with Gasteiger partial charge >= 0.3 is 0 Å². The van der Waals surface area contributed by atoms with Gasteiger partial charge in [-0.15, -0.1) is 0 Å². The lowest BCUT2D eigenvalue weighted by Crippen LogP contribution is -2.42. The highest BCUT2D eigenvalue weighted by Crippen LogP contribution is 2.26. The Labute approximate surface area is 138 Å². The first kappa shape index (κ1) is 16.2. The van der Waals surface area contributed by atoms with Gasteiger partial charge in [0.25, 0.3) is 5.91 Å². The van der Waals surface area contributed by atoms with E-state index in [2.05, 4.69) is 0 Å². The van der Waals surface area contributed by atoms with Gasteiger partial charge < -0.3 is 14.7 Å². The van der Waals surface area contributed by atoms with Gasteiger partial charge in [0.1, 0.15) is 34.8 Å². The minimum Gasteiger partial charge on any atom is -0.507 e. The number of para-hydroxylation sites is 1. The smallest absolute Gasteiger partial charge is 0.260 e. The maximum atomic E-state index is 13.8. The first-order valence-corrected chi connectivity index (χ1v) is 7.73. The van der Waals surface area contributed by atoms with Gasteiger partial charge in [0.15, 0.2) is 0 Å². The predicted molar refractivity (Wildman–Crippen MR) is 84.0 cm³/mol. The molecule has 6 heteroatoms. The van der Waals surface area contributed by atoms with Crippen molar-refractivity contribution < 1.29 is 23.4 Å². The van der Waals surface area contributed by atoms with E-state index in [4.69, 9.17) is 4.74 Å². The molecule has 1 N–H and O–H groups in total. The van der Waals surface area contributed by atoms with Gasteiger partial charge in [-0.1, -0.05) is 18.2 Å². The molecule has 0 bridgehead atoms. The van der Waals surface area contributed by atoms with Crippen LogP contribution in [0.1, 0.15) is 23.2 Å². The maximum absolute atomic E-state index is 13.8. The third kappa shape index (κ3) is 3.48. The van der Waals surface area contributed by atoms with Crippen molar-refractivity contribution in [1.29, 1.82) is 0 Å². The van der Waals surface area contributed by atoms with Gasteiger partial charge in [-0.3, -0.25) is 4.79 Å². The summed E-state index contributed by atoms with van der Waals surface area (Å²) in [4.78, 5) is 13.8. The molecule has 0 unspecified atom stereocenters. The average molecular weight is 333 g/mol. The number of nitrogens with zero attached hydrogens (tertiary/aromatic N) is 1. The van der Waals surface area contributed by atoms with Crippen LogP contribution >= 0.6 is 0 Å². The molecule has 1 fully saturated rings. The van der Waals surface area contributed by atoms with E-state index >= 15 is 0 Å². The molecule has 0 spiro atoms. The third-order valence-corrected chi connectivity index (χ3v) is 4.02. The zero-order valence-corrected chi connectivity index (χ0v) is 12.9. The van der Waals surface area contributed by atoms with E-state index in [1.54, 1.807) is 0 Å². The molecule has 1 aliphatic heterocycles. The van der Waals surface area contributed by atoms with Crippen molar-refractivity contribution in [3.05, 3.63) is 59.7 Å². The Hall–Kier alpha value is -2.63. The van der Waals surface area contributed by atoms with Crippen molar-refractivity contribution in [2.75, 3.05) is 13.1 Å². The van der Waals surface area contributed by atoms with Gasteiger partial charge in [-0.2, -0.15) is 0 Å². The molecule has 0 radical (unpaired) electrons. The van der Waals surface area contributed by atoms with Gasteiger partial charge in [0, 0.05) is 38.1 Å². The molecule has 1 saturated heterocycles. The lowest BCUT2D eigenvalue weighted by Gasteiger charge is -2.32. The number of phenols is 1. The number of carbonyl (C=O) groups excluding carboxylic acids is 1. The van der Waals surface area contributed by atoms with Gasteiger partial charge in [0.2, 0.25) is 0 Å². The minimum absolute atomic E-state index is 0.0249. The zero-order valence-electron chi connectivity index (χ0n) is 12.9. The molecule has 3 rings (SSSR count). The summed E-state index contributed by atoms with van der Waals surface area (Å²) in [5.41, 5.74) is -0.487. The number of benzene rings is 2. The average Bonchev–Trinajstić information content (AvgIpc) is 2.55. The summed E-state index contributed by atoms with van der Waals surface area (Å²) in [5, 5.41) is 9.67. The van der Waals surface area contributed by atoms with E-state index in [0.29, 0.717) is 32.0 Å². The molecule has 0 saturated carbocycles. The molecule has 2 aromatic rings. The lowest BCUT2D eigenvalue weighted by molar-refractivity contribution is 0.0588. The van der Waals surface area contributed by atoms with E-state index in [9.17, 15) is 18.7 Å². The van der Waals surface area contributed by atoms with E-state index in [-0.39, 0.29) is 6.10 Å². The molecule has 2 aromatic carbocycles. The van der Waals surface area contributed by atoms with Crippen LogP contribution < -0.4 is 4.74 Å². The highest BCUT2D eigenvalue weighted by atomic mass is 19.1. The van der Waals surface area contributed by atoms with Crippen LogP contribution in [0.15, 0.2) is 42.5 Å². The molecule has 126 valence electrons. The summed E-state index contributed by atoms with van der Waals surface area (Å²) in [7, 11) is 0. The molecule has 1 amide bonds. The molecule has 1 aliphatic rings. The molecule has 4 nitrogen and oxygen atoms in total. The van der Waals surface area contributed by atoms with Crippen LogP contribution in [0.2, 0.25) is 0 Å². The van der Waals surface area contributed by atoms with Crippen LogP contribution in [0.4, 0.5) is 8.78 Å². The number of piperidine rings is 1. The number of amides is 1. The van der Waals surface area contributed by atoms with E-state index < -0.39 is 28.9 Å². The van der Waals surface area contributed by atoms with Crippen molar-refractivity contribution in [2.45, 2.75) is 18.9 Å². The van der Waals surface area contributed by atoms with E-state index in [0.717, 1.165) is 11.8 Å². The second-order valence-corrected chi connectivity index (χ2v) is 5.70. The Morgan fingerprint density at radius 3 is 2.42 bits per heavy atom. The van der Waals surface area contributed by atoms with Gasteiger partial charge in [-0.25, -0.2) is 8.78 Å². The summed E-state index contributed by atoms with van der Waals surface area (Å²) < 4.78 is 32.7. The van der Waals surface area contributed by atoms with Crippen molar-refractivity contribution in [2.24, 2.45) is 0 Å². The molecule has 0 atom stereocenters. The molecular formula is C18H17F2NO3. The fourth-order valence-electron chi connectivity index (χ4n) is 2.80. The molecular weight excluding hydrogens is 316 g/mol. The Kier molecular flexibility index (Phi) is 4.64. The van der Waals surface area contributed by atoms with Crippen molar-refractivity contribution >= 4 is 5.91 Å². The first-order valence-electron chi connectivity index (χ1n) is 7.73. The zero-order chi connectivity index (χ0) is 17.1. The van der Waals surface area contributed by atoms with Crippen molar-refractivity contribution in [1.82, 2.24) is 4.90 Å². The second-order valence-electron chi connectivity index (χ2n) is 5.70. The summed E-state index contributed by atoms with van der Waals surface area (Å²) >= 11 is 0. The molecule has 0 aliphatic carbocycles. The number of hydrogen-bond donors (Lipinski definition) is 1. The standard InChI is InChI=1S/C18H17F2NO3/c19-12-10-15(20)17(16(22)11-12)18(23)21-8-6-14(7-9-21)24-13-4-2-1-3-5-13/h1-5,10-11,14,22H,6-9H2. The Morgan fingerprint density at radius 1 is 1.12 bits per heavy atom. The van der Waals surface area contributed by atoms with Crippen LogP contribution in [0, 0.1) is 11.6 Å². The number of hydrogen-bond acceptors (Lipinski definition) is 3. The molecule has 24 heavy (non-hydrogen) atoms. The second kappa shape index (κ2) is 6.86. The maximum Gasteiger partial charge on any atom is 0.260 e.